The molecule has 0 spiro atoms. The molecule has 1 amide bonds. The van der Waals surface area contributed by atoms with Crippen molar-refractivity contribution in [3.63, 3.8) is 0 Å². The van der Waals surface area contributed by atoms with E-state index in [0.29, 0.717) is 16.5 Å². The summed E-state index contributed by atoms with van der Waals surface area (Å²) in [6.45, 7) is 3.25. The van der Waals surface area contributed by atoms with Gasteiger partial charge in [0.15, 0.2) is 13.2 Å². The van der Waals surface area contributed by atoms with Crippen LogP contribution in [0.1, 0.15) is 11.1 Å². The maximum Gasteiger partial charge on any atom is 0.344 e. The van der Waals surface area contributed by atoms with Crippen LogP contribution in [0.2, 0.25) is 5.02 Å². The number of carbonyl (C=O) groups is 2. The van der Waals surface area contributed by atoms with Crippen LogP contribution in [0.25, 0.3) is 0 Å². The second-order valence-electron chi connectivity index (χ2n) is 5.23. The molecule has 0 aliphatic rings. The van der Waals surface area contributed by atoms with Crippen LogP contribution in [0.5, 0.6) is 5.75 Å². The van der Waals surface area contributed by atoms with Gasteiger partial charge in [0.2, 0.25) is 0 Å². The first kappa shape index (κ1) is 17.8. The van der Waals surface area contributed by atoms with E-state index in [9.17, 15) is 9.59 Å². The van der Waals surface area contributed by atoms with Gasteiger partial charge in [-0.3, -0.25) is 4.79 Å². The van der Waals surface area contributed by atoms with Gasteiger partial charge in [0.05, 0.1) is 5.02 Å². The Labute approximate surface area is 145 Å². The smallest absolute Gasteiger partial charge is 0.344 e. The van der Waals surface area contributed by atoms with Crippen molar-refractivity contribution in [2.75, 3.05) is 18.5 Å². The Hall–Kier alpha value is -2.53. The standard InChI is InChI=1S/C18H18ClNO4/c1-12-7-8-14(9-13(12)2)20-17(21)10-24-18(22)11-23-16-6-4-3-5-15(16)19/h3-9H,10-11H2,1-2H3,(H,20,21). The topological polar surface area (TPSA) is 64.6 Å². The monoisotopic (exact) mass is 347 g/mol. The molecule has 0 bridgehead atoms. The van der Waals surface area contributed by atoms with Crippen molar-refractivity contribution in [3.8, 4) is 5.75 Å². The molecule has 0 saturated heterocycles. The van der Waals surface area contributed by atoms with Crippen molar-refractivity contribution in [2.45, 2.75) is 13.8 Å². The van der Waals surface area contributed by atoms with Crippen LogP contribution in [-0.2, 0) is 14.3 Å². The highest BCUT2D eigenvalue weighted by atomic mass is 35.5. The summed E-state index contributed by atoms with van der Waals surface area (Å²) in [7, 11) is 0. The fourth-order valence-corrected chi connectivity index (χ4v) is 2.09. The lowest BCUT2D eigenvalue weighted by molar-refractivity contribution is -0.149. The summed E-state index contributed by atoms with van der Waals surface area (Å²) in [6.07, 6.45) is 0. The van der Waals surface area contributed by atoms with Crippen molar-refractivity contribution in [2.24, 2.45) is 0 Å². The number of carbonyl (C=O) groups excluding carboxylic acids is 2. The zero-order valence-electron chi connectivity index (χ0n) is 13.5. The van der Waals surface area contributed by atoms with Crippen LogP contribution in [0.15, 0.2) is 42.5 Å². The van der Waals surface area contributed by atoms with Crippen LogP contribution in [0, 0.1) is 13.8 Å². The third kappa shape index (κ3) is 5.28. The number of hydrogen-bond acceptors (Lipinski definition) is 4. The van der Waals surface area contributed by atoms with Crippen LogP contribution in [-0.4, -0.2) is 25.1 Å². The van der Waals surface area contributed by atoms with Gasteiger partial charge < -0.3 is 14.8 Å². The quantitative estimate of drug-likeness (QED) is 0.812. The number of aryl methyl sites for hydroxylation is 2. The number of rotatable bonds is 6. The van der Waals surface area contributed by atoms with Gasteiger partial charge in [-0.05, 0) is 49.2 Å². The second-order valence-corrected chi connectivity index (χ2v) is 5.63. The minimum Gasteiger partial charge on any atom is -0.480 e. The minimum atomic E-state index is -0.648. The fraction of sp³-hybridized carbons (Fsp3) is 0.222. The normalized spacial score (nSPS) is 10.1. The van der Waals surface area contributed by atoms with E-state index >= 15 is 0 Å². The number of halogens is 1. The lowest BCUT2D eigenvalue weighted by atomic mass is 10.1. The molecule has 24 heavy (non-hydrogen) atoms. The van der Waals surface area contributed by atoms with Gasteiger partial charge in [0.1, 0.15) is 5.75 Å². The summed E-state index contributed by atoms with van der Waals surface area (Å²) in [5.41, 5.74) is 2.86. The number of esters is 1. The number of anilines is 1. The first-order valence-corrected chi connectivity index (χ1v) is 7.73. The second kappa shape index (κ2) is 8.36. The summed E-state index contributed by atoms with van der Waals surface area (Å²) < 4.78 is 10.1. The number of hydrogen-bond donors (Lipinski definition) is 1. The molecule has 6 heteroatoms. The molecular formula is C18H18ClNO4. The first-order valence-electron chi connectivity index (χ1n) is 7.36. The van der Waals surface area contributed by atoms with Crippen molar-refractivity contribution in [1.29, 1.82) is 0 Å². The van der Waals surface area contributed by atoms with Crippen molar-refractivity contribution in [1.82, 2.24) is 0 Å². The Morgan fingerprint density at radius 2 is 1.79 bits per heavy atom. The summed E-state index contributed by atoms with van der Waals surface area (Å²) >= 11 is 5.91. The molecule has 126 valence electrons. The van der Waals surface area contributed by atoms with Crippen LogP contribution < -0.4 is 10.1 Å². The molecule has 0 saturated carbocycles. The molecule has 1 N–H and O–H groups in total. The van der Waals surface area contributed by atoms with Gasteiger partial charge in [-0.25, -0.2) is 4.79 Å². The molecule has 0 aromatic heterocycles. The number of ether oxygens (including phenoxy) is 2. The highest BCUT2D eigenvalue weighted by molar-refractivity contribution is 6.32. The molecule has 0 fully saturated rings. The molecule has 2 rings (SSSR count). The summed E-state index contributed by atoms with van der Waals surface area (Å²) in [5, 5.41) is 3.07. The lowest BCUT2D eigenvalue weighted by Crippen LogP contribution is -2.23. The number of nitrogens with one attached hydrogen (secondary N) is 1. The molecule has 0 heterocycles. The molecule has 0 unspecified atom stereocenters. The molecule has 0 radical (unpaired) electrons. The highest BCUT2D eigenvalue weighted by Gasteiger charge is 2.10. The van der Waals surface area contributed by atoms with Crippen LogP contribution in [0.4, 0.5) is 5.69 Å². The predicted molar refractivity (Wildman–Crippen MR) is 92.5 cm³/mol. The van der Waals surface area contributed by atoms with E-state index in [1.165, 1.54) is 0 Å². The van der Waals surface area contributed by atoms with Crippen molar-refractivity contribution < 1.29 is 19.1 Å². The SMILES string of the molecule is Cc1ccc(NC(=O)COC(=O)COc2ccccc2Cl)cc1C. The van der Waals surface area contributed by atoms with Crippen LogP contribution >= 0.6 is 11.6 Å². The molecule has 2 aromatic rings. The van der Waals surface area contributed by atoms with E-state index in [0.717, 1.165) is 11.1 Å². The van der Waals surface area contributed by atoms with Gasteiger partial charge in [0, 0.05) is 5.69 Å². The molecule has 0 aliphatic carbocycles. The Morgan fingerprint density at radius 3 is 2.50 bits per heavy atom. The molecule has 2 aromatic carbocycles. The van der Waals surface area contributed by atoms with E-state index in [1.807, 2.05) is 26.0 Å². The predicted octanol–water partition coefficient (Wildman–Crippen LogP) is 3.52. The van der Waals surface area contributed by atoms with Crippen LogP contribution in [0.3, 0.4) is 0 Å². The number of benzene rings is 2. The Kier molecular flexibility index (Phi) is 6.21. The van der Waals surface area contributed by atoms with Gasteiger partial charge in [-0.15, -0.1) is 0 Å². The maximum atomic E-state index is 11.8. The van der Waals surface area contributed by atoms with E-state index in [2.05, 4.69) is 5.32 Å². The molecule has 0 aliphatic heterocycles. The zero-order chi connectivity index (χ0) is 17.5. The lowest BCUT2D eigenvalue weighted by Gasteiger charge is -2.09. The van der Waals surface area contributed by atoms with E-state index in [4.69, 9.17) is 21.1 Å². The fourth-order valence-electron chi connectivity index (χ4n) is 1.90. The van der Waals surface area contributed by atoms with Crippen molar-refractivity contribution >= 4 is 29.2 Å². The highest BCUT2D eigenvalue weighted by Crippen LogP contribution is 2.22. The zero-order valence-corrected chi connectivity index (χ0v) is 14.2. The third-order valence-electron chi connectivity index (χ3n) is 3.34. The summed E-state index contributed by atoms with van der Waals surface area (Å²) in [5.74, 6) is -0.676. The third-order valence-corrected chi connectivity index (χ3v) is 3.65. The summed E-state index contributed by atoms with van der Waals surface area (Å²) in [6, 6.07) is 12.3. The van der Waals surface area contributed by atoms with Gasteiger partial charge in [-0.1, -0.05) is 29.8 Å². The van der Waals surface area contributed by atoms with Gasteiger partial charge in [0.25, 0.3) is 5.91 Å². The Bertz CT molecular complexity index is 746. The first-order chi connectivity index (χ1) is 11.5. The number of para-hydroxylation sites is 1. The largest absolute Gasteiger partial charge is 0.480 e. The maximum absolute atomic E-state index is 11.8. The average Bonchev–Trinajstić information content (AvgIpc) is 2.55. The van der Waals surface area contributed by atoms with E-state index < -0.39 is 11.9 Å². The average molecular weight is 348 g/mol. The Balaban J connectivity index is 1.76. The van der Waals surface area contributed by atoms with Gasteiger partial charge in [-0.2, -0.15) is 0 Å². The summed E-state index contributed by atoms with van der Waals surface area (Å²) in [4.78, 5) is 23.4. The van der Waals surface area contributed by atoms with E-state index in [-0.39, 0.29) is 13.2 Å². The Morgan fingerprint density at radius 1 is 1.04 bits per heavy atom. The molecule has 5 nitrogen and oxygen atoms in total. The van der Waals surface area contributed by atoms with E-state index in [1.54, 1.807) is 30.3 Å². The molecule has 0 atom stereocenters. The van der Waals surface area contributed by atoms with Gasteiger partial charge >= 0.3 is 5.97 Å². The van der Waals surface area contributed by atoms with Crippen molar-refractivity contribution in [3.05, 3.63) is 58.6 Å². The number of amides is 1. The minimum absolute atomic E-state index is 0.319. The molecular weight excluding hydrogens is 330 g/mol.